The van der Waals surface area contributed by atoms with Gasteiger partial charge in [0.2, 0.25) is 0 Å². The summed E-state index contributed by atoms with van der Waals surface area (Å²) < 4.78 is 6.10. The number of halogens is 1. The fraction of sp³-hybridized carbons (Fsp3) is 0.235. The van der Waals surface area contributed by atoms with Crippen molar-refractivity contribution in [3.8, 4) is 5.75 Å². The maximum absolute atomic E-state index is 11.3. The molecule has 0 saturated heterocycles. The van der Waals surface area contributed by atoms with E-state index in [1.165, 1.54) is 12.5 Å². The molecule has 0 amide bonds. The van der Waals surface area contributed by atoms with E-state index in [2.05, 4.69) is 40.3 Å². The third-order valence-corrected chi connectivity index (χ3v) is 3.63. The average molecular weight is 348 g/mol. The Labute approximate surface area is 133 Å². The lowest BCUT2D eigenvalue weighted by atomic mass is 10.1. The Morgan fingerprint density at radius 2 is 1.81 bits per heavy atom. The molecular weight excluding hydrogens is 330 g/mol. The molecule has 0 atom stereocenters. The van der Waals surface area contributed by atoms with Crippen LogP contribution in [-0.2, 0) is 11.3 Å². The maximum atomic E-state index is 11.3. The standard InChI is InChI=1S/C17H18BrNO2/c1-11-4-6-15(7-5-11)19-10-14-8-12(2)9-16(18)17(14)21-13(3)20/h4-9,19H,10H2,1-3H3. The van der Waals surface area contributed by atoms with Crippen LogP contribution in [0, 0.1) is 13.8 Å². The summed E-state index contributed by atoms with van der Waals surface area (Å²) in [5, 5.41) is 3.34. The molecule has 0 fully saturated rings. The molecule has 4 heteroatoms. The highest BCUT2D eigenvalue weighted by molar-refractivity contribution is 9.10. The van der Waals surface area contributed by atoms with Gasteiger partial charge < -0.3 is 10.1 Å². The summed E-state index contributed by atoms with van der Waals surface area (Å²) >= 11 is 3.46. The van der Waals surface area contributed by atoms with E-state index in [1.54, 1.807) is 0 Å². The quantitative estimate of drug-likeness (QED) is 0.648. The van der Waals surface area contributed by atoms with Gasteiger partial charge >= 0.3 is 5.97 Å². The minimum absolute atomic E-state index is 0.323. The van der Waals surface area contributed by atoms with Crippen molar-refractivity contribution < 1.29 is 9.53 Å². The van der Waals surface area contributed by atoms with E-state index in [1.807, 2.05) is 31.2 Å². The smallest absolute Gasteiger partial charge is 0.308 e. The van der Waals surface area contributed by atoms with Crippen LogP contribution in [0.5, 0.6) is 5.75 Å². The second-order valence-electron chi connectivity index (χ2n) is 5.05. The molecule has 110 valence electrons. The molecule has 0 spiro atoms. The molecule has 2 aromatic carbocycles. The van der Waals surface area contributed by atoms with Gasteiger partial charge in [-0.3, -0.25) is 4.79 Å². The fourth-order valence-electron chi connectivity index (χ4n) is 2.06. The summed E-state index contributed by atoms with van der Waals surface area (Å²) in [5.74, 6) is 0.254. The number of hydrogen-bond donors (Lipinski definition) is 1. The number of aryl methyl sites for hydroxylation is 2. The SMILES string of the molecule is CC(=O)Oc1c(Br)cc(C)cc1CNc1ccc(C)cc1. The summed E-state index contributed by atoms with van der Waals surface area (Å²) in [7, 11) is 0. The highest BCUT2D eigenvalue weighted by atomic mass is 79.9. The van der Waals surface area contributed by atoms with Crippen LogP contribution in [0.2, 0.25) is 0 Å². The van der Waals surface area contributed by atoms with E-state index >= 15 is 0 Å². The van der Waals surface area contributed by atoms with Gasteiger partial charge in [-0.1, -0.05) is 23.8 Å². The minimum atomic E-state index is -0.323. The lowest BCUT2D eigenvalue weighted by Crippen LogP contribution is -2.08. The summed E-state index contributed by atoms with van der Waals surface area (Å²) in [6.07, 6.45) is 0. The Hall–Kier alpha value is -1.81. The Morgan fingerprint density at radius 3 is 2.43 bits per heavy atom. The van der Waals surface area contributed by atoms with Gasteiger partial charge in [-0.05, 0) is 53.5 Å². The molecule has 2 aromatic rings. The molecule has 0 radical (unpaired) electrons. The van der Waals surface area contributed by atoms with Gasteiger partial charge in [0.25, 0.3) is 0 Å². The first-order valence-corrected chi connectivity index (χ1v) is 7.53. The second-order valence-corrected chi connectivity index (χ2v) is 5.90. The maximum Gasteiger partial charge on any atom is 0.308 e. The third kappa shape index (κ3) is 4.33. The molecule has 0 aromatic heterocycles. The summed E-state index contributed by atoms with van der Waals surface area (Å²) in [6.45, 7) is 6.06. The number of rotatable bonds is 4. The van der Waals surface area contributed by atoms with Crippen LogP contribution < -0.4 is 10.1 Å². The van der Waals surface area contributed by atoms with Gasteiger partial charge in [0.05, 0.1) is 4.47 Å². The van der Waals surface area contributed by atoms with Crippen LogP contribution in [0.3, 0.4) is 0 Å². The molecular formula is C17H18BrNO2. The summed E-state index contributed by atoms with van der Waals surface area (Å²) in [5.41, 5.74) is 4.31. The Morgan fingerprint density at radius 1 is 1.14 bits per heavy atom. The molecule has 0 unspecified atom stereocenters. The number of carbonyl (C=O) groups is 1. The predicted molar refractivity (Wildman–Crippen MR) is 88.7 cm³/mol. The molecule has 2 rings (SSSR count). The molecule has 0 bridgehead atoms. The average Bonchev–Trinajstić information content (AvgIpc) is 2.41. The zero-order valence-corrected chi connectivity index (χ0v) is 14.0. The van der Waals surface area contributed by atoms with Gasteiger partial charge in [-0.25, -0.2) is 0 Å². The lowest BCUT2D eigenvalue weighted by Gasteiger charge is -2.14. The topological polar surface area (TPSA) is 38.3 Å². The van der Waals surface area contributed by atoms with Crippen LogP contribution in [0.4, 0.5) is 5.69 Å². The largest absolute Gasteiger partial charge is 0.425 e. The monoisotopic (exact) mass is 347 g/mol. The number of esters is 1. The van der Waals surface area contributed by atoms with Crippen molar-refractivity contribution in [2.45, 2.75) is 27.3 Å². The van der Waals surface area contributed by atoms with Gasteiger partial charge in [-0.15, -0.1) is 0 Å². The molecule has 0 aliphatic rings. The Balaban J connectivity index is 2.21. The number of benzene rings is 2. The van der Waals surface area contributed by atoms with Crippen molar-refractivity contribution in [2.75, 3.05) is 5.32 Å². The molecule has 0 heterocycles. The molecule has 0 saturated carbocycles. The number of ether oxygens (including phenoxy) is 1. The predicted octanol–water partition coefficient (Wildman–Crippen LogP) is 4.60. The normalized spacial score (nSPS) is 10.3. The molecule has 0 aliphatic heterocycles. The highest BCUT2D eigenvalue weighted by Crippen LogP contribution is 2.31. The first kappa shape index (κ1) is 15.6. The van der Waals surface area contributed by atoms with Crippen LogP contribution in [-0.4, -0.2) is 5.97 Å². The lowest BCUT2D eigenvalue weighted by molar-refractivity contribution is -0.131. The number of hydrogen-bond acceptors (Lipinski definition) is 3. The van der Waals surface area contributed by atoms with E-state index in [4.69, 9.17) is 4.74 Å². The van der Waals surface area contributed by atoms with Gasteiger partial charge in [-0.2, -0.15) is 0 Å². The van der Waals surface area contributed by atoms with Crippen molar-refractivity contribution in [1.29, 1.82) is 0 Å². The Kier molecular flexibility index (Phi) is 5.02. The fourth-order valence-corrected chi connectivity index (χ4v) is 2.76. The van der Waals surface area contributed by atoms with Crippen LogP contribution in [0.15, 0.2) is 40.9 Å². The number of nitrogens with one attached hydrogen (secondary N) is 1. The van der Waals surface area contributed by atoms with E-state index in [-0.39, 0.29) is 5.97 Å². The Bertz CT molecular complexity index is 651. The van der Waals surface area contributed by atoms with Gasteiger partial charge in [0.1, 0.15) is 5.75 Å². The minimum Gasteiger partial charge on any atom is -0.425 e. The van der Waals surface area contributed by atoms with E-state index in [0.29, 0.717) is 12.3 Å². The van der Waals surface area contributed by atoms with Crippen LogP contribution >= 0.6 is 15.9 Å². The third-order valence-electron chi connectivity index (χ3n) is 3.05. The van der Waals surface area contributed by atoms with Gasteiger partial charge in [0.15, 0.2) is 0 Å². The van der Waals surface area contributed by atoms with Crippen LogP contribution in [0.1, 0.15) is 23.6 Å². The number of anilines is 1. The zero-order chi connectivity index (χ0) is 15.4. The number of carbonyl (C=O) groups excluding carboxylic acids is 1. The van der Waals surface area contributed by atoms with Crippen molar-refractivity contribution in [1.82, 2.24) is 0 Å². The summed E-state index contributed by atoms with van der Waals surface area (Å²) in [4.78, 5) is 11.3. The second kappa shape index (κ2) is 6.76. The summed E-state index contributed by atoms with van der Waals surface area (Å²) in [6, 6.07) is 12.1. The van der Waals surface area contributed by atoms with Crippen molar-refractivity contribution in [3.05, 3.63) is 57.6 Å². The van der Waals surface area contributed by atoms with Gasteiger partial charge in [0, 0.05) is 24.7 Å². The molecule has 1 N–H and O–H groups in total. The molecule has 0 aliphatic carbocycles. The van der Waals surface area contributed by atoms with E-state index in [9.17, 15) is 4.79 Å². The van der Waals surface area contributed by atoms with Crippen molar-refractivity contribution >= 4 is 27.6 Å². The first-order valence-electron chi connectivity index (χ1n) is 6.73. The van der Waals surface area contributed by atoms with Crippen LogP contribution in [0.25, 0.3) is 0 Å². The van der Waals surface area contributed by atoms with Crippen molar-refractivity contribution in [2.24, 2.45) is 0 Å². The zero-order valence-electron chi connectivity index (χ0n) is 12.4. The first-order chi connectivity index (χ1) is 9.95. The molecule has 21 heavy (non-hydrogen) atoms. The van der Waals surface area contributed by atoms with E-state index in [0.717, 1.165) is 21.3 Å². The van der Waals surface area contributed by atoms with Crippen molar-refractivity contribution in [3.63, 3.8) is 0 Å². The highest BCUT2D eigenvalue weighted by Gasteiger charge is 2.11. The van der Waals surface area contributed by atoms with E-state index < -0.39 is 0 Å². The molecule has 3 nitrogen and oxygen atoms in total.